The zero-order valence-corrected chi connectivity index (χ0v) is 28.5. The van der Waals surface area contributed by atoms with Crippen LogP contribution in [0, 0.1) is 0 Å². The molecule has 0 spiro atoms. The Bertz CT molecular complexity index is 744. The Balaban J connectivity index is -0.000000812. The van der Waals surface area contributed by atoms with E-state index in [4.69, 9.17) is 14.4 Å². The maximum absolute atomic E-state index is 11.1. The van der Waals surface area contributed by atoms with E-state index in [2.05, 4.69) is 18.0 Å². The summed E-state index contributed by atoms with van der Waals surface area (Å²) in [7, 11) is -4.23. The molecule has 0 fully saturated rings. The first-order chi connectivity index (χ1) is 20.7. The Kier molecular flexibility index (Phi) is 42.2. The van der Waals surface area contributed by atoms with E-state index >= 15 is 0 Å². The second-order valence-corrected chi connectivity index (χ2v) is 12.7. The fourth-order valence-electron chi connectivity index (χ4n) is 4.76. The average molecular weight is 659 g/mol. The fraction of sp³-hybridized carbons (Fsp3) is 0.882. The van der Waals surface area contributed by atoms with Gasteiger partial charge in [-0.2, -0.15) is 8.42 Å². The minimum absolute atomic E-state index is 0. The minimum atomic E-state index is -4.23. The summed E-state index contributed by atoms with van der Waals surface area (Å²) >= 11 is 0. The molecule has 0 aromatic carbocycles. The molecule has 0 aliphatic carbocycles. The van der Waals surface area contributed by atoms with Gasteiger partial charge in [-0.3, -0.25) is 4.55 Å². The van der Waals surface area contributed by atoms with Crippen LogP contribution in [0.3, 0.4) is 0 Å². The number of carbonyl (C=O) groups excluding carboxylic acids is 1. The molecule has 0 aromatic rings. The topological polar surface area (TPSA) is 127 Å². The van der Waals surface area contributed by atoms with Crippen LogP contribution in [0.4, 0.5) is 0 Å². The second-order valence-electron chi connectivity index (χ2n) is 11.6. The van der Waals surface area contributed by atoms with E-state index < -0.39 is 22.3 Å². The molecule has 0 radical (unpaired) electrons. The van der Waals surface area contributed by atoms with Crippen LogP contribution in [0.15, 0.2) is 12.2 Å². The molecule has 10 heteroatoms. The van der Waals surface area contributed by atoms with Crippen molar-refractivity contribution in [1.82, 2.24) is 0 Å². The molecule has 258 valence electrons. The first-order valence-electron chi connectivity index (χ1n) is 17.4. The average Bonchev–Trinajstić information content (AvgIpc) is 2.96. The first kappa shape index (κ1) is 48.0. The van der Waals surface area contributed by atoms with Crippen LogP contribution in [-0.4, -0.2) is 72.8 Å². The van der Waals surface area contributed by atoms with Crippen molar-refractivity contribution in [3.05, 3.63) is 12.2 Å². The molecule has 0 bridgehead atoms. The number of unbranched alkanes of at least 4 members (excludes halogenated alkanes) is 24. The van der Waals surface area contributed by atoms with E-state index in [1.165, 1.54) is 135 Å². The molecule has 0 heterocycles. The molecule has 0 saturated heterocycles. The van der Waals surface area contributed by atoms with Gasteiger partial charge in [-0.1, -0.05) is 168 Å². The third-order valence-corrected chi connectivity index (χ3v) is 7.80. The molecule has 0 amide bonds. The number of esters is 1. The summed E-state index contributed by atoms with van der Waals surface area (Å²) in [6.07, 6.45) is 34.6. The number of carboxylic acid groups (broad SMARTS) is 1. The summed E-state index contributed by atoms with van der Waals surface area (Å²) in [4.78, 5) is 21.4. The zero-order valence-electron chi connectivity index (χ0n) is 27.7. The number of rotatable bonds is 31. The van der Waals surface area contributed by atoms with Crippen molar-refractivity contribution < 1.29 is 36.6 Å². The van der Waals surface area contributed by atoms with Gasteiger partial charge in [0.15, 0.2) is 0 Å². The molecule has 8 nitrogen and oxygen atoms in total. The zero-order chi connectivity index (χ0) is 32.3. The van der Waals surface area contributed by atoms with E-state index in [9.17, 15) is 18.0 Å². The summed E-state index contributed by atoms with van der Waals surface area (Å²) in [6.45, 7) is 4.95. The van der Waals surface area contributed by atoms with Gasteiger partial charge in [0.1, 0.15) is 0 Å². The standard InChI is InChI=1S/C22H40O4.C12H26O4S.Na.H/c1-2-3-4-5-6-7-8-9-10-11-12-13-14-15-16-17-20-26-22(25)19-18-21(23)24;1-2-3-4-5-6-7-8-9-10-11-12-16-17(13,14)15;;/h18-19H,2-17,20H2,1H3,(H,23,24);2-12H2,1H3,(H,13,14,15);;/b19-18+;;;. The number of ether oxygens (including phenoxy) is 1. The molecule has 0 atom stereocenters. The Morgan fingerprint density at radius 1 is 0.523 bits per heavy atom. The van der Waals surface area contributed by atoms with E-state index in [1.54, 1.807) is 0 Å². The van der Waals surface area contributed by atoms with Gasteiger partial charge < -0.3 is 9.84 Å². The number of carbonyl (C=O) groups is 2. The van der Waals surface area contributed by atoms with Gasteiger partial charge in [0.25, 0.3) is 0 Å². The quantitative estimate of drug-likeness (QED) is 0.0248. The van der Waals surface area contributed by atoms with Gasteiger partial charge >= 0.3 is 51.9 Å². The molecule has 44 heavy (non-hydrogen) atoms. The van der Waals surface area contributed by atoms with Crippen LogP contribution >= 0.6 is 0 Å². The Morgan fingerprint density at radius 3 is 1.11 bits per heavy atom. The monoisotopic (exact) mass is 658 g/mol. The van der Waals surface area contributed by atoms with Gasteiger partial charge in [-0.25, -0.2) is 13.8 Å². The van der Waals surface area contributed by atoms with Crippen LogP contribution < -0.4 is 0 Å². The van der Waals surface area contributed by atoms with Crippen molar-refractivity contribution in [1.29, 1.82) is 0 Å². The van der Waals surface area contributed by atoms with Crippen molar-refractivity contribution in [2.24, 2.45) is 0 Å². The third-order valence-electron chi connectivity index (χ3n) is 7.33. The second kappa shape index (κ2) is 38.7. The van der Waals surface area contributed by atoms with Crippen LogP contribution in [0.2, 0.25) is 0 Å². The van der Waals surface area contributed by atoms with E-state index in [0.29, 0.717) is 13.0 Å². The molecule has 0 aliphatic heterocycles. The summed E-state index contributed by atoms with van der Waals surface area (Å²) in [5, 5.41) is 8.39. The van der Waals surface area contributed by atoms with Crippen molar-refractivity contribution in [2.45, 2.75) is 181 Å². The van der Waals surface area contributed by atoms with Crippen LogP contribution in [-0.2, 0) is 28.9 Å². The summed E-state index contributed by atoms with van der Waals surface area (Å²) in [6, 6.07) is 0. The summed E-state index contributed by atoms with van der Waals surface area (Å²) < 4.78 is 37.9. The van der Waals surface area contributed by atoms with Crippen LogP contribution in [0.25, 0.3) is 0 Å². The predicted octanol–water partition coefficient (Wildman–Crippen LogP) is 9.51. The maximum atomic E-state index is 11.1. The molecule has 0 saturated carbocycles. The number of hydrogen-bond acceptors (Lipinski definition) is 6. The van der Waals surface area contributed by atoms with Crippen LogP contribution in [0.1, 0.15) is 181 Å². The molecule has 0 aromatic heterocycles. The van der Waals surface area contributed by atoms with E-state index in [-0.39, 0.29) is 36.2 Å². The molecular formula is C34H67NaO8S. The Hall–Kier alpha value is -0.450. The Morgan fingerprint density at radius 2 is 0.818 bits per heavy atom. The normalized spacial score (nSPS) is 11.2. The molecule has 0 aliphatic rings. The molecule has 2 N–H and O–H groups in total. The number of carboxylic acids is 1. The number of aliphatic carboxylic acids is 1. The molecule has 0 rings (SSSR count). The fourth-order valence-corrected chi connectivity index (χ4v) is 5.09. The molecular weight excluding hydrogens is 591 g/mol. The van der Waals surface area contributed by atoms with Crippen LogP contribution in [0.5, 0.6) is 0 Å². The third kappa shape index (κ3) is 48.5. The summed E-state index contributed by atoms with van der Waals surface area (Å²) in [5.74, 6) is -1.71. The molecule has 0 unspecified atom stereocenters. The van der Waals surface area contributed by atoms with Gasteiger partial charge in [-0.15, -0.1) is 0 Å². The number of hydrogen-bond donors (Lipinski definition) is 2. The van der Waals surface area contributed by atoms with Gasteiger partial charge in [0, 0.05) is 12.2 Å². The van der Waals surface area contributed by atoms with E-state index in [1.807, 2.05) is 0 Å². The van der Waals surface area contributed by atoms with Gasteiger partial charge in [0.2, 0.25) is 0 Å². The van der Waals surface area contributed by atoms with Gasteiger partial charge in [0.05, 0.1) is 13.2 Å². The summed E-state index contributed by atoms with van der Waals surface area (Å²) in [5.41, 5.74) is 0. The SMILES string of the molecule is CCCCCCCCCCCCCCCCCCOC(=O)/C=C/C(=O)O.CCCCCCCCCCCCOS(=O)(=O)O.[NaH]. The van der Waals surface area contributed by atoms with Crippen molar-refractivity contribution in [2.75, 3.05) is 13.2 Å². The van der Waals surface area contributed by atoms with Crippen molar-refractivity contribution in [3.8, 4) is 0 Å². The predicted molar refractivity (Wildman–Crippen MR) is 184 cm³/mol. The van der Waals surface area contributed by atoms with E-state index in [0.717, 1.165) is 37.8 Å². The van der Waals surface area contributed by atoms with Gasteiger partial charge in [-0.05, 0) is 12.8 Å². The Labute approximate surface area is 293 Å². The van der Waals surface area contributed by atoms with Crippen molar-refractivity contribution >= 4 is 51.9 Å². The van der Waals surface area contributed by atoms with Crippen molar-refractivity contribution in [3.63, 3.8) is 0 Å². The first-order valence-corrected chi connectivity index (χ1v) is 18.8.